The van der Waals surface area contributed by atoms with E-state index in [9.17, 15) is 18.0 Å². The zero-order valence-electron chi connectivity index (χ0n) is 16.3. The molecule has 30 heavy (non-hydrogen) atoms. The van der Waals surface area contributed by atoms with Gasteiger partial charge in [-0.3, -0.25) is 9.59 Å². The van der Waals surface area contributed by atoms with E-state index in [0.717, 1.165) is 4.90 Å². The Bertz CT molecular complexity index is 1080. The van der Waals surface area contributed by atoms with Crippen molar-refractivity contribution in [3.05, 3.63) is 48.0 Å². The van der Waals surface area contributed by atoms with Crippen LogP contribution in [0.3, 0.4) is 0 Å². The molecule has 2 aromatic rings. The summed E-state index contributed by atoms with van der Waals surface area (Å²) in [7, 11) is -3.58. The van der Waals surface area contributed by atoms with Gasteiger partial charge in [-0.15, -0.1) is 11.8 Å². The summed E-state index contributed by atoms with van der Waals surface area (Å²) in [5.41, 5.74) is 1.49. The Balaban J connectivity index is 1.47. The van der Waals surface area contributed by atoms with Crippen molar-refractivity contribution >= 4 is 45.0 Å². The maximum atomic E-state index is 12.7. The number of benzene rings is 2. The molecule has 1 fully saturated rings. The third-order valence-electron chi connectivity index (χ3n) is 4.89. The fraction of sp³-hybridized carbons (Fsp3) is 0.300. The molecule has 2 amide bonds. The molecule has 4 rings (SSSR count). The van der Waals surface area contributed by atoms with Crippen LogP contribution in [0, 0.1) is 0 Å². The van der Waals surface area contributed by atoms with Gasteiger partial charge < -0.3 is 15.4 Å². The molecule has 1 saturated heterocycles. The van der Waals surface area contributed by atoms with Gasteiger partial charge in [0, 0.05) is 29.2 Å². The number of fused-ring (bicyclic) bond motifs is 1. The highest BCUT2D eigenvalue weighted by Gasteiger charge is 2.26. The number of sulfonamides is 1. The highest BCUT2D eigenvalue weighted by molar-refractivity contribution is 8.01. The summed E-state index contributed by atoms with van der Waals surface area (Å²) < 4.78 is 31.9. The number of nitrogens with one attached hydrogen (secondary N) is 2. The molecule has 0 aromatic heterocycles. The van der Waals surface area contributed by atoms with Gasteiger partial charge >= 0.3 is 0 Å². The SMILES string of the molecule is C[C@H]1Sc2ccc(C(=O)Nc3ccc(S(=O)(=O)N4CCOCC4)cc3)cc2NC1=O. The van der Waals surface area contributed by atoms with E-state index in [0.29, 0.717) is 43.2 Å². The Kier molecular flexibility index (Phi) is 5.83. The summed E-state index contributed by atoms with van der Waals surface area (Å²) in [6.07, 6.45) is 0. The molecule has 158 valence electrons. The second kappa shape index (κ2) is 8.38. The molecule has 0 aliphatic carbocycles. The van der Waals surface area contributed by atoms with Crippen LogP contribution in [0.1, 0.15) is 17.3 Å². The normalized spacial score (nSPS) is 19.6. The number of morpholine rings is 1. The van der Waals surface area contributed by atoms with Crippen LogP contribution in [0.5, 0.6) is 0 Å². The zero-order chi connectivity index (χ0) is 21.3. The highest BCUT2D eigenvalue weighted by atomic mass is 32.2. The lowest BCUT2D eigenvalue weighted by Gasteiger charge is -2.26. The van der Waals surface area contributed by atoms with Crippen molar-refractivity contribution < 1.29 is 22.7 Å². The molecule has 10 heteroatoms. The maximum absolute atomic E-state index is 12.7. The Morgan fingerprint density at radius 3 is 2.57 bits per heavy atom. The summed E-state index contributed by atoms with van der Waals surface area (Å²) >= 11 is 1.45. The van der Waals surface area contributed by atoms with E-state index < -0.39 is 10.0 Å². The summed E-state index contributed by atoms with van der Waals surface area (Å²) in [6.45, 7) is 3.24. The molecule has 2 N–H and O–H groups in total. The predicted molar refractivity (Wildman–Crippen MR) is 114 cm³/mol. The predicted octanol–water partition coefficient (Wildman–Crippen LogP) is 2.39. The van der Waals surface area contributed by atoms with Gasteiger partial charge in [0.2, 0.25) is 15.9 Å². The summed E-state index contributed by atoms with van der Waals surface area (Å²) in [4.78, 5) is 25.6. The molecule has 2 aliphatic rings. The van der Waals surface area contributed by atoms with Crippen molar-refractivity contribution in [2.45, 2.75) is 22.0 Å². The van der Waals surface area contributed by atoms with Gasteiger partial charge in [0.15, 0.2) is 0 Å². The number of ether oxygens (including phenoxy) is 1. The van der Waals surface area contributed by atoms with Crippen LogP contribution in [-0.4, -0.2) is 56.1 Å². The van der Waals surface area contributed by atoms with Crippen molar-refractivity contribution in [2.24, 2.45) is 0 Å². The quantitative estimate of drug-likeness (QED) is 0.746. The number of hydrogen-bond donors (Lipinski definition) is 2. The monoisotopic (exact) mass is 447 g/mol. The van der Waals surface area contributed by atoms with E-state index >= 15 is 0 Å². The first-order valence-corrected chi connectivity index (χ1v) is 11.8. The zero-order valence-corrected chi connectivity index (χ0v) is 17.9. The number of amides is 2. The largest absolute Gasteiger partial charge is 0.379 e. The molecule has 0 unspecified atom stereocenters. The Labute approximate surface area is 179 Å². The molecular weight excluding hydrogens is 426 g/mol. The van der Waals surface area contributed by atoms with Crippen LogP contribution in [0.25, 0.3) is 0 Å². The van der Waals surface area contributed by atoms with Crippen molar-refractivity contribution in [2.75, 3.05) is 36.9 Å². The third-order valence-corrected chi connectivity index (χ3v) is 7.98. The van der Waals surface area contributed by atoms with E-state index in [1.807, 2.05) is 13.0 Å². The average Bonchev–Trinajstić information content (AvgIpc) is 2.75. The molecule has 2 heterocycles. The number of hydrogen-bond acceptors (Lipinski definition) is 6. The van der Waals surface area contributed by atoms with Gasteiger partial charge in [0.05, 0.1) is 29.0 Å². The minimum atomic E-state index is -3.58. The fourth-order valence-corrected chi connectivity index (χ4v) is 5.54. The molecule has 0 spiro atoms. The fourth-order valence-electron chi connectivity index (χ4n) is 3.20. The number of nitrogens with zero attached hydrogens (tertiary/aromatic N) is 1. The second-order valence-electron chi connectivity index (χ2n) is 6.96. The van der Waals surface area contributed by atoms with E-state index in [1.165, 1.54) is 28.2 Å². The number of carbonyl (C=O) groups excluding carboxylic acids is 2. The molecule has 0 radical (unpaired) electrons. The highest BCUT2D eigenvalue weighted by Crippen LogP contribution is 2.36. The van der Waals surface area contributed by atoms with Gasteiger partial charge in [-0.2, -0.15) is 4.31 Å². The third kappa shape index (κ3) is 4.22. The summed E-state index contributed by atoms with van der Waals surface area (Å²) in [6, 6.07) is 11.2. The van der Waals surface area contributed by atoms with E-state index in [4.69, 9.17) is 4.74 Å². The molecule has 2 aliphatic heterocycles. The van der Waals surface area contributed by atoms with Crippen molar-refractivity contribution in [3.63, 3.8) is 0 Å². The first-order valence-electron chi connectivity index (χ1n) is 9.45. The molecule has 0 bridgehead atoms. The lowest BCUT2D eigenvalue weighted by Crippen LogP contribution is -2.40. The van der Waals surface area contributed by atoms with Crippen molar-refractivity contribution in [3.8, 4) is 0 Å². The lowest BCUT2D eigenvalue weighted by molar-refractivity contribution is -0.115. The van der Waals surface area contributed by atoms with Crippen molar-refractivity contribution in [1.82, 2.24) is 4.31 Å². The Morgan fingerprint density at radius 2 is 1.87 bits per heavy atom. The maximum Gasteiger partial charge on any atom is 0.255 e. The standard InChI is InChI=1S/C20H21N3O5S2/c1-13-19(24)22-17-12-14(2-7-18(17)29-13)20(25)21-15-3-5-16(6-4-15)30(26,27)23-8-10-28-11-9-23/h2-7,12-13H,8-11H2,1H3,(H,21,25)(H,22,24)/t13-/m1/s1. The van der Waals surface area contributed by atoms with Gasteiger partial charge in [-0.1, -0.05) is 0 Å². The van der Waals surface area contributed by atoms with Crippen LogP contribution < -0.4 is 10.6 Å². The van der Waals surface area contributed by atoms with E-state index in [-0.39, 0.29) is 22.0 Å². The minimum absolute atomic E-state index is 0.0953. The van der Waals surface area contributed by atoms with Crippen LogP contribution in [0.4, 0.5) is 11.4 Å². The van der Waals surface area contributed by atoms with Gasteiger partial charge in [-0.25, -0.2) is 8.42 Å². The molecule has 2 aromatic carbocycles. The topological polar surface area (TPSA) is 105 Å². The first kappa shape index (κ1) is 20.9. The Morgan fingerprint density at radius 1 is 1.17 bits per heavy atom. The van der Waals surface area contributed by atoms with Gasteiger partial charge in [-0.05, 0) is 49.4 Å². The van der Waals surface area contributed by atoms with E-state index in [2.05, 4.69) is 10.6 Å². The minimum Gasteiger partial charge on any atom is -0.379 e. The van der Waals surface area contributed by atoms with E-state index in [1.54, 1.807) is 24.3 Å². The number of thioether (sulfide) groups is 1. The van der Waals surface area contributed by atoms with Gasteiger partial charge in [0.1, 0.15) is 0 Å². The van der Waals surface area contributed by atoms with Crippen LogP contribution in [0.15, 0.2) is 52.3 Å². The van der Waals surface area contributed by atoms with Crippen LogP contribution in [0.2, 0.25) is 0 Å². The molecule has 1 atom stereocenters. The van der Waals surface area contributed by atoms with Crippen molar-refractivity contribution in [1.29, 1.82) is 0 Å². The average molecular weight is 448 g/mol. The number of anilines is 2. The van der Waals surface area contributed by atoms with Crippen LogP contribution in [-0.2, 0) is 19.6 Å². The summed E-state index contributed by atoms with van der Waals surface area (Å²) in [5, 5.41) is 5.38. The molecule has 8 nitrogen and oxygen atoms in total. The number of rotatable bonds is 4. The summed E-state index contributed by atoms with van der Waals surface area (Å²) in [5.74, 6) is -0.443. The molecular formula is C20H21N3O5S2. The lowest BCUT2D eigenvalue weighted by atomic mass is 10.1. The van der Waals surface area contributed by atoms with Gasteiger partial charge in [0.25, 0.3) is 5.91 Å². The number of carbonyl (C=O) groups is 2. The second-order valence-corrected chi connectivity index (χ2v) is 10.3. The first-order chi connectivity index (χ1) is 14.3. The smallest absolute Gasteiger partial charge is 0.255 e. The molecule has 0 saturated carbocycles. The van der Waals surface area contributed by atoms with Crippen LogP contribution >= 0.6 is 11.8 Å². The Hall–Kier alpha value is -2.40.